The number of hydrogen-bond donors (Lipinski definition) is 1. The first-order chi connectivity index (χ1) is 13.3. The summed E-state index contributed by atoms with van der Waals surface area (Å²) in [5.74, 6) is -1.68. The van der Waals surface area contributed by atoms with Gasteiger partial charge in [0.05, 0.1) is 16.2 Å². The van der Waals surface area contributed by atoms with Crippen LogP contribution in [-0.2, 0) is 14.4 Å². The topological polar surface area (TPSA) is 66.5 Å². The normalized spacial score (nSPS) is 14.2. The van der Waals surface area contributed by atoms with Crippen molar-refractivity contribution in [3.8, 4) is 0 Å². The zero-order chi connectivity index (χ0) is 20.4. The lowest BCUT2D eigenvalue weighted by atomic mass is 10.1. The van der Waals surface area contributed by atoms with Crippen LogP contribution in [0.3, 0.4) is 0 Å². The highest BCUT2D eigenvalue weighted by atomic mass is 32.2. The molecule has 3 amide bonds. The van der Waals surface area contributed by atoms with Crippen LogP contribution >= 0.6 is 11.8 Å². The average molecular weight is 398 g/mol. The Bertz CT molecular complexity index is 983. The van der Waals surface area contributed by atoms with Crippen LogP contribution in [0.5, 0.6) is 0 Å². The molecular weight excluding hydrogens is 379 g/mol. The quantitative estimate of drug-likeness (QED) is 0.766. The van der Waals surface area contributed by atoms with Crippen LogP contribution in [-0.4, -0.2) is 23.0 Å². The minimum atomic E-state index is -0.524. The molecule has 0 atom stereocenters. The molecule has 0 unspecified atom stereocenters. The first-order valence-electron chi connectivity index (χ1n) is 8.71. The summed E-state index contributed by atoms with van der Waals surface area (Å²) in [5, 5.41) is 2.74. The van der Waals surface area contributed by atoms with Crippen molar-refractivity contribution in [2.45, 2.75) is 26.0 Å². The van der Waals surface area contributed by atoms with Crippen LogP contribution in [0, 0.1) is 5.82 Å². The van der Waals surface area contributed by atoms with Crippen molar-refractivity contribution in [2.75, 3.05) is 10.2 Å². The predicted octanol–water partition coefficient (Wildman–Crippen LogP) is 4.21. The smallest absolute Gasteiger partial charge is 0.272 e. The Morgan fingerprint density at radius 1 is 1.07 bits per heavy atom. The Kier molecular flexibility index (Phi) is 5.65. The summed E-state index contributed by atoms with van der Waals surface area (Å²) < 4.78 is 13.6. The lowest BCUT2D eigenvalue weighted by molar-refractivity contribution is -0.120. The third-order valence-electron chi connectivity index (χ3n) is 3.96. The molecule has 7 heteroatoms. The molecule has 5 nitrogen and oxygen atoms in total. The molecule has 0 aromatic heterocycles. The second kappa shape index (κ2) is 7.98. The molecule has 144 valence electrons. The van der Waals surface area contributed by atoms with Crippen LogP contribution in [0.15, 0.2) is 53.4 Å². The number of hydrogen-bond acceptors (Lipinski definition) is 4. The fourth-order valence-electron chi connectivity index (χ4n) is 2.88. The molecule has 2 aromatic carbocycles. The Hall–Kier alpha value is -2.93. The molecule has 2 aromatic rings. The van der Waals surface area contributed by atoms with Crippen molar-refractivity contribution in [3.05, 3.63) is 64.8 Å². The van der Waals surface area contributed by atoms with Gasteiger partial charge < -0.3 is 5.32 Å². The number of nitrogens with zero attached hydrogens (tertiary/aromatic N) is 1. The molecule has 1 N–H and O–H groups in total. The van der Waals surface area contributed by atoms with Gasteiger partial charge in [-0.3, -0.25) is 14.4 Å². The maximum atomic E-state index is 13.6. The van der Waals surface area contributed by atoms with E-state index in [0.29, 0.717) is 16.2 Å². The molecule has 0 bridgehead atoms. The maximum absolute atomic E-state index is 13.6. The Balaban J connectivity index is 2.04. The van der Waals surface area contributed by atoms with Crippen LogP contribution < -0.4 is 10.2 Å². The molecule has 28 heavy (non-hydrogen) atoms. The number of thioether (sulfide) groups is 1. The van der Waals surface area contributed by atoms with Gasteiger partial charge in [0.25, 0.3) is 11.8 Å². The van der Waals surface area contributed by atoms with E-state index in [1.165, 1.54) is 36.9 Å². The number of carbonyl (C=O) groups excluding carboxylic acids is 3. The molecule has 0 spiro atoms. The van der Waals surface area contributed by atoms with Gasteiger partial charge in [0.2, 0.25) is 5.91 Å². The largest absolute Gasteiger partial charge is 0.326 e. The third-order valence-corrected chi connectivity index (χ3v) is 5.04. The summed E-state index contributed by atoms with van der Waals surface area (Å²) in [6.07, 6.45) is 0. The number of nitrogens with one attached hydrogen (secondary N) is 1. The molecule has 1 heterocycles. The summed E-state index contributed by atoms with van der Waals surface area (Å²) >= 11 is 1.30. The Morgan fingerprint density at radius 3 is 2.32 bits per heavy atom. The van der Waals surface area contributed by atoms with Crippen LogP contribution in [0.4, 0.5) is 15.8 Å². The van der Waals surface area contributed by atoms with E-state index < -0.39 is 17.6 Å². The standard InChI is InChI=1S/C21H19FN2O3S/c1-12(2)28-19-18(14-7-9-16(10-8-14)23-13(3)25)20(26)24(21(19)27)17-6-4-5-15(22)11-17/h4-12H,1-3H3,(H,23,25). The molecule has 0 radical (unpaired) electrons. The van der Waals surface area contributed by atoms with E-state index in [9.17, 15) is 18.8 Å². The van der Waals surface area contributed by atoms with E-state index in [4.69, 9.17) is 0 Å². The maximum Gasteiger partial charge on any atom is 0.272 e. The highest BCUT2D eigenvalue weighted by molar-refractivity contribution is 8.04. The number of imide groups is 1. The summed E-state index contributed by atoms with van der Waals surface area (Å²) in [6.45, 7) is 5.26. The molecule has 0 fully saturated rings. The van der Waals surface area contributed by atoms with Gasteiger partial charge in [-0.2, -0.15) is 0 Å². The van der Waals surface area contributed by atoms with Crippen LogP contribution in [0.2, 0.25) is 0 Å². The number of anilines is 2. The van der Waals surface area contributed by atoms with Crippen LogP contribution in [0.1, 0.15) is 26.3 Å². The Morgan fingerprint density at radius 2 is 1.75 bits per heavy atom. The van der Waals surface area contributed by atoms with Gasteiger partial charge in [-0.15, -0.1) is 11.8 Å². The second-order valence-electron chi connectivity index (χ2n) is 6.55. The highest BCUT2D eigenvalue weighted by Gasteiger charge is 2.40. The van der Waals surface area contributed by atoms with Gasteiger partial charge >= 0.3 is 0 Å². The molecule has 1 aliphatic heterocycles. The van der Waals surface area contributed by atoms with Crippen molar-refractivity contribution in [3.63, 3.8) is 0 Å². The number of halogens is 1. The molecular formula is C21H19FN2O3S. The van der Waals surface area contributed by atoms with Crippen molar-refractivity contribution >= 4 is 46.4 Å². The van der Waals surface area contributed by atoms with E-state index in [0.717, 1.165) is 11.0 Å². The molecule has 1 aliphatic rings. The van der Waals surface area contributed by atoms with Crippen molar-refractivity contribution in [1.29, 1.82) is 0 Å². The molecule has 0 saturated heterocycles. The predicted molar refractivity (Wildman–Crippen MR) is 109 cm³/mol. The van der Waals surface area contributed by atoms with Gasteiger partial charge in [-0.25, -0.2) is 9.29 Å². The molecule has 0 saturated carbocycles. The van der Waals surface area contributed by atoms with Gasteiger partial charge in [-0.1, -0.05) is 32.0 Å². The molecule has 3 rings (SSSR count). The second-order valence-corrected chi connectivity index (χ2v) is 8.14. The van der Waals surface area contributed by atoms with Crippen LogP contribution in [0.25, 0.3) is 5.57 Å². The minimum absolute atomic E-state index is 0.0767. The number of benzene rings is 2. The van der Waals surface area contributed by atoms with Gasteiger partial charge in [0.15, 0.2) is 0 Å². The fourth-order valence-corrected chi connectivity index (χ4v) is 3.87. The Labute approximate surface area is 166 Å². The van der Waals surface area contributed by atoms with Gasteiger partial charge in [-0.05, 0) is 35.9 Å². The summed E-state index contributed by atoms with van der Waals surface area (Å²) in [7, 11) is 0. The third kappa shape index (κ3) is 3.99. The zero-order valence-electron chi connectivity index (χ0n) is 15.7. The lowest BCUT2D eigenvalue weighted by Gasteiger charge is -2.15. The summed E-state index contributed by atoms with van der Waals surface area (Å²) in [5.41, 5.74) is 1.63. The van der Waals surface area contributed by atoms with E-state index in [1.54, 1.807) is 24.3 Å². The SMILES string of the molecule is CC(=O)Nc1ccc(C2=C(SC(C)C)C(=O)N(c3cccc(F)c3)C2=O)cc1. The van der Waals surface area contributed by atoms with Crippen molar-refractivity contribution < 1.29 is 18.8 Å². The van der Waals surface area contributed by atoms with E-state index in [-0.39, 0.29) is 22.4 Å². The lowest BCUT2D eigenvalue weighted by Crippen LogP contribution is -2.31. The number of rotatable bonds is 5. The molecule has 0 aliphatic carbocycles. The van der Waals surface area contributed by atoms with Gasteiger partial charge in [0, 0.05) is 17.9 Å². The first kappa shape index (κ1) is 19.8. The summed E-state index contributed by atoms with van der Waals surface area (Å²) in [6, 6.07) is 12.1. The number of amides is 3. The van der Waals surface area contributed by atoms with Crippen molar-refractivity contribution in [1.82, 2.24) is 0 Å². The fraction of sp³-hybridized carbons (Fsp3) is 0.190. The minimum Gasteiger partial charge on any atom is -0.326 e. The van der Waals surface area contributed by atoms with Gasteiger partial charge in [0.1, 0.15) is 5.82 Å². The average Bonchev–Trinajstić information content (AvgIpc) is 2.85. The van der Waals surface area contributed by atoms with Crippen molar-refractivity contribution in [2.24, 2.45) is 0 Å². The highest BCUT2D eigenvalue weighted by Crippen LogP contribution is 2.40. The zero-order valence-corrected chi connectivity index (χ0v) is 16.5. The summed E-state index contributed by atoms with van der Waals surface area (Å²) in [4.78, 5) is 38.7. The monoisotopic (exact) mass is 398 g/mol. The first-order valence-corrected chi connectivity index (χ1v) is 9.59. The van der Waals surface area contributed by atoms with E-state index >= 15 is 0 Å². The van der Waals surface area contributed by atoms with E-state index in [2.05, 4.69) is 5.32 Å². The number of carbonyl (C=O) groups is 3. The van der Waals surface area contributed by atoms with E-state index in [1.807, 2.05) is 13.8 Å².